The van der Waals surface area contributed by atoms with Crippen LogP contribution in [0.5, 0.6) is 0 Å². The third-order valence-corrected chi connectivity index (χ3v) is 4.76. The van der Waals surface area contributed by atoms with Crippen molar-refractivity contribution in [1.29, 1.82) is 0 Å². The number of hydrogen-bond donors (Lipinski definition) is 0. The second-order valence-corrected chi connectivity index (χ2v) is 6.62. The molecule has 1 aliphatic rings. The van der Waals surface area contributed by atoms with E-state index in [2.05, 4.69) is 22.8 Å². The zero-order valence-electron chi connectivity index (χ0n) is 15.0. The van der Waals surface area contributed by atoms with Crippen molar-refractivity contribution in [3.63, 3.8) is 0 Å². The second-order valence-electron chi connectivity index (χ2n) is 6.62. The van der Waals surface area contributed by atoms with Crippen molar-refractivity contribution in [3.8, 4) is 0 Å². The number of benzene rings is 2. The summed E-state index contributed by atoms with van der Waals surface area (Å²) in [6, 6.07) is 16.2. The number of fused-ring (bicyclic) bond motifs is 3. The fraction of sp³-hybridized carbons (Fsp3) is 0.333. The van der Waals surface area contributed by atoms with Crippen molar-refractivity contribution in [2.24, 2.45) is 0 Å². The molecule has 0 aliphatic carbocycles. The largest absolute Gasteiger partial charge is 0.372 e. The van der Waals surface area contributed by atoms with Gasteiger partial charge in [0, 0.05) is 18.7 Å². The molecule has 134 valence electrons. The molecule has 0 N–H and O–H groups in total. The van der Waals surface area contributed by atoms with Gasteiger partial charge in [-0.3, -0.25) is 4.79 Å². The van der Waals surface area contributed by atoms with Gasteiger partial charge in [0.05, 0.1) is 24.2 Å². The Morgan fingerprint density at radius 2 is 2.08 bits per heavy atom. The van der Waals surface area contributed by atoms with Gasteiger partial charge >= 0.3 is 0 Å². The van der Waals surface area contributed by atoms with Crippen molar-refractivity contribution in [2.45, 2.75) is 39.5 Å². The van der Waals surface area contributed by atoms with Gasteiger partial charge in [0.15, 0.2) is 0 Å². The Morgan fingerprint density at radius 1 is 1.23 bits per heavy atom. The Labute approximate surface area is 153 Å². The lowest BCUT2D eigenvalue weighted by atomic mass is 10.1. The molecule has 0 bridgehead atoms. The summed E-state index contributed by atoms with van der Waals surface area (Å²) in [7, 11) is 0. The summed E-state index contributed by atoms with van der Waals surface area (Å²) in [6.07, 6.45) is 1.38. The Morgan fingerprint density at radius 3 is 2.88 bits per heavy atom. The van der Waals surface area contributed by atoms with Gasteiger partial charge in [-0.25, -0.2) is 4.98 Å². The summed E-state index contributed by atoms with van der Waals surface area (Å²) < 4.78 is 7.71. The van der Waals surface area contributed by atoms with Crippen LogP contribution in [-0.4, -0.2) is 22.1 Å². The number of anilines is 1. The average molecular weight is 349 g/mol. The third kappa shape index (κ3) is 3.22. The monoisotopic (exact) mass is 349 g/mol. The molecule has 1 aliphatic heterocycles. The van der Waals surface area contributed by atoms with Crippen LogP contribution in [0.2, 0.25) is 0 Å². The first-order valence-corrected chi connectivity index (χ1v) is 9.17. The van der Waals surface area contributed by atoms with Crippen LogP contribution in [-0.2, 0) is 29.2 Å². The van der Waals surface area contributed by atoms with E-state index in [9.17, 15) is 4.79 Å². The molecular formula is C21H23N3O2. The maximum Gasteiger partial charge on any atom is 0.227 e. The molecule has 5 nitrogen and oxygen atoms in total. The summed E-state index contributed by atoms with van der Waals surface area (Å²) in [4.78, 5) is 19.3. The van der Waals surface area contributed by atoms with Gasteiger partial charge in [-0.15, -0.1) is 0 Å². The van der Waals surface area contributed by atoms with Gasteiger partial charge in [0.1, 0.15) is 12.4 Å². The number of ether oxygens (including phenoxy) is 1. The van der Waals surface area contributed by atoms with Crippen LogP contribution in [0.1, 0.15) is 31.2 Å². The molecule has 0 atom stereocenters. The molecule has 0 radical (unpaired) electrons. The van der Waals surface area contributed by atoms with E-state index in [0.717, 1.165) is 47.7 Å². The van der Waals surface area contributed by atoms with Crippen LogP contribution in [0.25, 0.3) is 11.0 Å². The van der Waals surface area contributed by atoms with Crippen LogP contribution < -0.4 is 4.90 Å². The first-order chi connectivity index (χ1) is 12.8. The summed E-state index contributed by atoms with van der Waals surface area (Å²) in [5.74, 6) is 1.10. The van der Waals surface area contributed by atoms with E-state index in [0.29, 0.717) is 19.6 Å². The topological polar surface area (TPSA) is 47.4 Å². The van der Waals surface area contributed by atoms with Crippen molar-refractivity contribution < 1.29 is 9.53 Å². The Hall–Kier alpha value is -2.66. The lowest BCUT2D eigenvalue weighted by molar-refractivity contribution is -0.118. The molecule has 1 aromatic heterocycles. The molecule has 26 heavy (non-hydrogen) atoms. The van der Waals surface area contributed by atoms with Crippen LogP contribution >= 0.6 is 0 Å². The number of hydrogen-bond acceptors (Lipinski definition) is 3. The highest BCUT2D eigenvalue weighted by Crippen LogP contribution is 2.26. The smallest absolute Gasteiger partial charge is 0.227 e. The van der Waals surface area contributed by atoms with Crippen LogP contribution in [0, 0.1) is 0 Å². The van der Waals surface area contributed by atoms with Gasteiger partial charge in [0.25, 0.3) is 0 Å². The van der Waals surface area contributed by atoms with Crippen molar-refractivity contribution in [1.82, 2.24) is 9.55 Å². The number of amides is 1. The quantitative estimate of drug-likeness (QED) is 0.702. The molecule has 0 spiro atoms. The van der Waals surface area contributed by atoms with Crippen LogP contribution in [0.3, 0.4) is 0 Å². The van der Waals surface area contributed by atoms with Crippen molar-refractivity contribution >= 4 is 22.6 Å². The highest BCUT2D eigenvalue weighted by molar-refractivity contribution is 5.95. The van der Waals surface area contributed by atoms with E-state index in [1.165, 1.54) is 0 Å². The molecule has 0 saturated carbocycles. The first-order valence-electron chi connectivity index (χ1n) is 9.17. The van der Waals surface area contributed by atoms with Gasteiger partial charge in [-0.2, -0.15) is 0 Å². The average Bonchev–Trinajstić information content (AvgIpc) is 3.05. The molecule has 0 saturated heterocycles. The van der Waals surface area contributed by atoms with E-state index < -0.39 is 0 Å². The lowest BCUT2D eigenvalue weighted by Gasteiger charge is -2.23. The van der Waals surface area contributed by atoms with Crippen LogP contribution in [0.4, 0.5) is 5.69 Å². The normalized spacial score (nSPS) is 13.6. The predicted molar refractivity (Wildman–Crippen MR) is 102 cm³/mol. The van der Waals surface area contributed by atoms with E-state index in [1.54, 1.807) is 0 Å². The number of carbonyl (C=O) groups excluding carboxylic acids is 1. The number of aromatic nitrogens is 2. The molecule has 0 unspecified atom stereocenters. The number of imidazole rings is 1. The fourth-order valence-corrected chi connectivity index (χ4v) is 3.45. The highest BCUT2D eigenvalue weighted by atomic mass is 16.5. The maximum absolute atomic E-state index is 12.8. The number of nitrogens with zero attached hydrogens (tertiary/aromatic N) is 3. The summed E-state index contributed by atoms with van der Waals surface area (Å²) in [6.45, 7) is 4.70. The van der Waals surface area contributed by atoms with E-state index in [1.807, 2.05) is 42.2 Å². The predicted octanol–water partition coefficient (Wildman–Crippen LogP) is 3.90. The maximum atomic E-state index is 12.8. The SMILES string of the molecule is CCCC(=O)N(Cc1ccccc1)c1ccc2c(c1)nc1n2CCOC1. The Balaban J connectivity index is 1.71. The van der Waals surface area contributed by atoms with Gasteiger partial charge in [-0.05, 0) is 30.2 Å². The number of carbonyl (C=O) groups is 1. The molecular weight excluding hydrogens is 326 g/mol. The van der Waals surface area contributed by atoms with E-state index in [4.69, 9.17) is 9.72 Å². The first kappa shape index (κ1) is 16.8. The summed E-state index contributed by atoms with van der Waals surface area (Å²) in [5.41, 5.74) is 4.05. The zero-order valence-corrected chi connectivity index (χ0v) is 15.0. The summed E-state index contributed by atoms with van der Waals surface area (Å²) >= 11 is 0. The molecule has 4 rings (SSSR count). The van der Waals surface area contributed by atoms with E-state index >= 15 is 0 Å². The minimum atomic E-state index is 0.142. The van der Waals surface area contributed by atoms with Gasteiger partial charge < -0.3 is 14.2 Å². The van der Waals surface area contributed by atoms with E-state index in [-0.39, 0.29) is 5.91 Å². The summed E-state index contributed by atoms with van der Waals surface area (Å²) in [5, 5.41) is 0. The van der Waals surface area contributed by atoms with Crippen molar-refractivity contribution in [2.75, 3.05) is 11.5 Å². The fourth-order valence-electron chi connectivity index (χ4n) is 3.45. The second kappa shape index (κ2) is 7.30. The minimum Gasteiger partial charge on any atom is -0.372 e. The lowest BCUT2D eigenvalue weighted by Crippen LogP contribution is -2.30. The standard InChI is InChI=1S/C21H23N3O2/c1-2-6-21(25)24(14-16-7-4-3-5-8-16)17-9-10-19-18(13-17)22-20-15-26-12-11-23(19)20/h3-5,7-10,13H,2,6,11-12,14-15H2,1H3. The van der Waals surface area contributed by atoms with Crippen molar-refractivity contribution in [3.05, 3.63) is 59.9 Å². The molecule has 2 heterocycles. The Kier molecular flexibility index (Phi) is 4.71. The molecule has 3 aromatic rings. The molecule has 0 fully saturated rings. The third-order valence-electron chi connectivity index (χ3n) is 4.76. The molecule has 2 aromatic carbocycles. The van der Waals surface area contributed by atoms with Gasteiger partial charge in [-0.1, -0.05) is 37.3 Å². The molecule has 5 heteroatoms. The minimum absolute atomic E-state index is 0.142. The highest BCUT2D eigenvalue weighted by Gasteiger charge is 2.19. The molecule has 1 amide bonds. The Bertz CT molecular complexity index is 918. The number of rotatable bonds is 5. The zero-order chi connectivity index (χ0) is 17.9. The van der Waals surface area contributed by atoms with Gasteiger partial charge in [0.2, 0.25) is 5.91 Å². The van der Waals surface area contributed by atoms with Crippen LogP contribution in [0.15, 0.2) is 48.5 Å².